The molecule has 0 bridgehead atoms. The second-order valence-corrected chi connectivity index (χ2v) is 3.91. The first-order chi connectivity index (χ1) is 6.67. The van der Waals surface area contributed by atoms with Crippen molar-refractivity contribution < 1.29 is 4.74 Å². The molecule has 0 aliphatic heterocycles. The highest BCUT2D eigenvalue weighted by Crippen LogP contribution is 2.10. The summed E-state index contributed by atoms with van der Waals surface area (Å²) in [6, 6.07) is 1.10. The second-order valence-electron chi connectivity index (χ2n) is 3.91. The Morgan fingerprint density at radius 1 is 1.29 bits per heavy atom. The van der Waals surface area contributed by atoms with Crippen molar-refractivity contribution in [2.24, 2.45) is 5.73 Å². The largest absolute Gasteiger partial charge is 0.383 e. The maximum atomic E-state index is 5.51. The van der Waals surface area contributed by atoms with Gasteiger partial charge in [-0.3, -0.25) is 4.90 Å². The number of rotatable bonds is 8. The van der Waals surface area contributed by atoms with Crippen LogP contribution in [-0.4, -0.2) is 43.8 Å². The van der Waals surface area contributed by atoms with Crippen LogP contribution < -0.4 is 5.73 Å². The first kappa shape index (κ1) is 13.9. The number of methoxy groups -OCH3 is 1. The molecule has 3 heteroatoms. The average molecular weight is 202 g/mol. The van der Waals surface area contributed by atoms with Gasteiger partial charge < -0.3 is 10.5 Å². The summed E-state index contributed by atoms with van der Waals surface area (Å²) in [7, 11) is 1.76. The molecule has 0 aliphatic rings. The SMILES string of the molecule is CCN(C(C)CCCN)C(C)COC. The molecule has 0 amide bonds. The molecule has 0 aliphatic carbocycles. The lowest BCUT2D eigenvalue weighted by atomic mass is 10.1. The van der Waals surface area contributed by atoms with E-state index in [9.17, 15) is 0 Å². The van der Waals surface area contributed by atoms with Gasteiger partial charge in [0.2, 0.25) is 0 Å². The lowest BCUT2D eigenvalue weighted by Gasteiger charge is -2.33. The maximum absolute atomic E-state index is 5.51. The molecule has 0 fully saturated rings. The van der Waals surface area contributed by atoms with E-state index in [1.165, 1.54) is 6.42 Å². The topological polar surface area (TPSA) is 38.5 Å². The lowest BCUT2D eigenvalue weighted by molar-refractivity contribution is 0.0752. The molecule has 2 atom stereocenters. The van der Waals surface area contributed by atoms with Gasteiger partial charge in [-0.1, -0.05) is 6.92 Å². The lowest BCUT2D eigenvalue weighted by Crippen LogP contribution is -2.42. The van der Waals surface area contributed by atoms with Gasteiger partial charge in [0.1, 0.15) is 0 Å². The van der Waals surface area contributed by atoms with Gasteiger partial charge in [-0.15, -0.1) is 0 Å². The molecule has 2 N–H and O–H groups in total. The van der Waals surface area contributed by atoms with E-state index in [0.717, 1.165) is 26.1 Å². The van der Waals surface area contributed by atoms with E-state index in [-0.39, 0.29) is 0 Å². The van der Waals surface area contributed by atoms with Crippen LogP contribution in [0.2, 0.25) is 0 Å². The second kappa shape index (κ2) is 8.21. The predicted octanol–water partition coefficient (Wildman–Crippen LogP) is 1.47. The van der Waals surface area contributed by atoms with Crippen LogP contribution in [0.25, 0.3) is 0 Å². The molecule has 0 aromatic rings. The third-order valence-corrected chi connectivity index (χ3v) is 2.73. The van der Waals surface area contributed by atoms with Crippen LogP contribution in [0.4, 0.5) is 0 Å². The zero-order chi connectivity index (χ0) is 11.0. The molecule has 3 nitrogen and oxygen atoms in total. The van der Waals surface area contributed by atoms with E-state index in [4.69, 9.17) is 10.5 Å². The van der Waals surface area contributed by atoms with Crippen LogP contribution >= 0.6 is 0 Å². The zero-order valence-corrected chi connectivity index (χ0v) is 10.1. The summed E-state index contributed by atoms with van der Waals surface area (Å²) in [6.45, 7) is 9.36. The molecule has 14 heavy (non-hydrogen) atoms. The van der Waals surface area contributed by atoms with E-state index in [1.54, 1.807) is 7.11 Å². The Bertz CT molecular complexity index is 130. The quantitative estimate of drug-likeness (QED) is 0.648. The average Bonchev–Trinajstić information content (AvgIpc) is 2.16. The van der Waals surface area contributed by atoms with Crippen molar-refractivity contribution in [1.82, 2.24) is 4.90 Å². The summed E-state index contributed by atoms with van der Waals surface area (Å²) in [5.41, 5.74) is 5.51. The van der Waals surface area contributed by atoms with Crippen LogP contribution in [0.15, 0.2) is 0 Å². The molecule has 0 saturated heterocycles. The molecule has 2 unspecified atom stereocenters. The van der Waals surface area contributed by atoms with Crippen LogP contribution in [0, 0.1) is 0 Å². The maximum Gasteiger partial charge on any atom is 0.0615 e. The summed E-state index contributed by atoms with van der Waals surface area (Å²) in [6.07, 6.45) is 2.29. The number of nitrogens with two attached hydrogens (primary N) is 1. The van der Waals surface area contributed by atoms with Crippen LogP contribution in [0.5, 0.6) is 0 Å². The first-order valence-corrected chi connectivity index (χ1v) is 5.62. The monoisotopic (exact) mass is 202 g/mol. The molecule has 0 aromatic heterocycles. The molecule has 86 valence electrons. The Hall–Kier alpha value is -0.120. The minimum absolute atomic E-state index is 0.498. The molecular formula is C11H26N2O. The van der Waals surface area contributed by atoms with Gasteiger partial charge in [-0.2, -0.15) is 0 Å². The van der Waals surface area contributed by atoms with Crippen LogP contribution in [0.1, 0.15) is 33.6 Å². The fourth-order valence-corrected chi connectivity index (χ4v) is 1.97. The van der Waals surface area contributed by atoms with Gasteiger partial charge in [-0.25, -0.2) is 0 Å². The third kappa shape index (κ3) is 4.94. The van der Waals surface area contributed by atoms with E-state index in [0.29, 0.717) is 12.1 Å². The number of nitrogens with zero attached hydrogens (tertiary/aromatic N) is 1. The highest BCUT2D eigenvalue weighted by atomic mass is 16.5. The number of hydrogen-bond donors (Lipinski definition) is 1. The Morgan fingerprint density at radius 3 is 2.36 bits per heavy atom. The van der Waals surface area contributed by atoms with Crippen molar-refractivity contribution in [2.45, 2.75) is 45.7 Å². The fourth-order valence-electron chi connectivity index (χ4n) is 1.97. The van der Waals surface area contributed by atoms with Gasteiger partial charge in [0, 0.05) is 19.2 Å². The van der Waals surface area contributed by atoms with Crippen LogP contribution in [-0.2, 0) is 4.74 Å². The Balaban J connectivity index is 3.96. The predicted molar refractivity (Wildman–Crippen MR) is 61.5 cm³/mol. The Labute approximate surface area is 88.6 Å². The first-order valence-electron chi connectivity index (χ1n) is 5.62. The number of hydrogen-bond acceptors (Lipinski definition) is 3. The number of likely N-dealkylation sites (N-methyl/N-ethyl adjacent to an activating group) is 1. The van der Waals surface area contributed by atoms with Crippen molar-refractivity contribution in [1.29, 1.82) is 0 Å². The van der Waals surface area contributed by atoms with Gasteiger partial charge in [0.05, 0.1) is 6.61 Å². The van der Waals surface area contributed by atoms with Crippen molar-refractivity contribution in [2.75, 3.05) is 26.8 Å². The fraction of sp³-hybridized carbons (Fsp3) is 1.00. The molecule has 0 aromatic carbocycles. The summed E-state index contributed by atoms with van der Waals surface area (Å²) in [4.78, 5) is 2.47. The molecule has 0 rings (SSSR count). The van der Waals surface area contributed by atoms with E-state index < -0.39 is 0 Å². The van der Waals surface area contributed by atoms with Crippen molar-refractivity contribution in [3.05, 3.63) is 0 Å². The van der Waals surface area contributed by atoms with Crippen molar-refractivity contribution in [3.63, 3.8) is 0 Å². The molecule has 0 saturated carbocycles. The summed E-state index contributed by atoms with van der Waals surface area (Å²) < 4.78 is 5.17. The number of ether oxygens (including phenoxy) is 1. The Kier molecular flexibility index (Phi) is 8.14. The summed E-state index contributed by atoms with van der Waals surface area (Å²) in [5, 5.41) is 0. The minimum atomic E-state index is 0.498. The molecular weight excluding hydrogens is 176 g/mol. The standard InChI is InChI=1S/C11H26N2O/c1-5-13(11(3)9-14-4)10(2)7-6-8-12/h10-11H,5-9,12H2,1-4H3. The third-order valence-electron chi connectivity index (χ3n) is 2.73. The normalized spacial score (nSPS) is 15.9. The highest BCUT2D eigenvalue weighted by Gasteiger charge is 2.17. The van der Waals surface area contributed by atoms with Crippen molar-refractivity contribution >= 4 is 0 Å². The van der Waals surface area contributed by atoms with E-state index >= 15 is 0 Å². The van der Waals surface area contributed by atoms with Gasteiger partial charge >= 0.3 is 0 Å². The summed E-state index contributed by atoms with van der Waals surface area (Å²) >= 11 is 0. The van der Waals surface area contributed by atoms with E-state index in [2.05, 4.69) is 25.7 Å². The smallest absolute Gasteiger partial charge is 0.0615 e. The van der Waals surface area contributed by atoms with Crippen LogP contribution in [0.3, 0.4) is 0 Å². The van der Waals surface area contributed by atoms with Gasteiger partial charge in [-0.05, 0) is 39.8 Å². The zero-order valence-electron chi connectivity index (χ0n) is 10.1. The summed E-state index contributed by atoms with van der Waals surface area (Å²) in [5.74, 6) is 0. The van der Waals surface area contributed by atoms with Gasteiger partial charge in [0.15, 0.2) is 0 Å². The molecule has 0 radical (unpaired) electrons. The molecule has 0 spiro atoms. The minimum Gasteiger partial charge on any atom is -0.383 e. The van der Waals surface area contributed by atoms with E-state index in [1.807, 2.05) is 0 Å². The highest BCUT2D eigenvalue weighted by molar-refractivity contribution is 4.72. The molecule has 0 heterocycles. The van der Waals surface area contributed by atoms with Gasteiger partial charge in [0.25, 0.3) is 0 Å². The van der Waals surface area contributed by atoms with Crippen molar-refractivity contribution in [3.8, 4) is 0 Å². The Morgan fingerprint density at radius 2 is 1.93 bits per heavy atom.